The number of aromatic nitrogens is 1. The van der Waals surface area contributed by atoms with E-state index < -0.39 is 9.84 Å². The first kappa shape index (κ1) is 21.4. The van der Waals surface area contributed by atoms with Gasteiger partial charge in [-0.25, -0.2) is 8.42 Å². The highest BCUT2D eigenvalue weighted by atomic mass is 32.2. The molecule has 9 heteroatoms. The number of pyridine rings is 1. The van der Waals surface area contributed by atoms with E-state index in [-0.39, 0.29) is 28.1 Å². The number of carbonyl (C=O) groups excluding carboxylic acids is 1. The third-order valence-corrected chi connectivity index (χ3v) is 9.21. The van der Waals surface area contributed by atoms with Crippen LogP contribution in [0.15, 0.2) is 29.3 Å². The molecule has 1 fully saturated rings. The van der Waals surface area contributed by atoms with Crippen molar-refractivity contribution in [3.63, 3.8) is 0 Å². The zero-order valence-electron chi connectivity index (χ0n) is 17.3. The second-order valence-corrected chi connectivity index (χ2v) is 11.5. The van der Waals surface area contributed by atoms with Gasteiger partial charge in [-0.2, -0.15) is 0 Å². The highest BCUT2D eigenvalue weighted by Crippen LogP contribution is 2.48. The summed E-state index contributed by atoms with van der Waals surface area (Å²) >= 11 is 1.48. The van der Waals surface area contributed by atoms with E-state index in [4.69, 9.17) is 10.5 Å². The molecule has 7 nitrogen and oxygen atoms in total. The summed E-state index contributed by atoms with van der Waals surface area (Å²) in [7, 11) is -3.23. The minimum atomic E-state index is -3.23. The summed E-state index contributed by atoms with van der Waals surface area (Å²) in [5.41, 5.74) is 7.23. The Hall–Kier alpha value is -1.81. The number of ether oxygens (including phenoxy) is 1. The molecule has 1 amide bonds. The van der Waals surface area contributed by atoms with Crippen molar-refractivity contribution in [3.05, 3.63) is 45.4 Å². The van der Waals surface area contributed by atoms with E-state index in [1.165, 1.54) is 23.1 Å². The van der Waals surface area contributed by atoms with Crippen molar-refractivity contribution in [2.24, 2.45) is 5.73 Å². The molecule has 1 atom stereocenters. The number of rotatable bonds is 5. The Morgan fingerprint density at radius 1 is 1.37 bits per heavy atom. The number of nitrogens with zero attached hydrogens (tertiary/aromatic N) is 2. The number of carbonyl (C=O) groups is 1. The first-order chi connectivity index (χ1) is 14.2. The molecule has 2 aliphatic rings. The van der Waals surface area contributed by atoms with Gasteiger partial charge < -0.3 is 10.5 Å². The van der Waals surface area contributed by atoms with Crippen molar-refractivity contribution < 1.29 is 17.9 Å². The number of likely N-dealkylation sites (tertiary alicyclic amines) is 1. The predicted octanol–water partition coefficient (Wildman–Crippen LogP) is 2.66. The molecule has 0 aromatic carbocycles. The van der Waals surface area contributed by atoms with Crippen molar-refractivity contribution in [1.29, 1.82) is 0 Å². The molecule has 0 saturated carbocycles. The second kappa shape index (κ2) is 8.03. The SMILES string of the molecule is CCS(=O)(=O)c1ccc(CN2CCC3(CC2)OC[C@@H](C)c2cc(C(N)=O)sc23)nc1. The summed E-state index contributed by atoms with van der Waals surface area (Å²) in [5.74, 6) is -0.0489. The molecule has 30 heavy (non-hydrogen) atoms. The summed E-state index contributed by atoms with van der Waals surface area (Å²) in [5, 5.41) is 0. The Kier molecular flexibility index (Phi) is 5.73. The average Bonchev–Trinajstić information content (AvgIpc) is 3.21. The van der Waals surface area contributed by atoms with Crippen molar-refractivity contribution in [1.82, 2.24) is 9.88 Å². The maximum Gasteiger partial charge on any atom is 0.258 e. The highest BCUT2D eigenvalue weighted by molar-refractivity contribution is 7.91. The molecule has 4 heterocycles. The lowest BCUT2D eigenvalue weighted by atomic mass is 9.82. The average molecular weight is 450 g/mol. The van der Waals surface area contributed by atoms with Crippen LogP contribution >= 0.6 is 11.3 Å². The molecule has 0 aliphatic carbocycles. The van der Waals surface area contributed by atoms with Crippen LogP contribution in [0.1, 0.15) is 58.4 Å². The van der Waals surface area contributed by atoms with Crippen LogP contribution in [0.3, 0.4) is 0 Å². The van der Waals surface area contributed by atoms with Crippen molar-refractivity contribution in [3.8, 4) is 0 Å². The topological polar surface area (TPSA) is 103 Å². The van der Waals surface area contributed by atoms with Gasteiger partial charge in [-0.05, 0) is 36.6 Å². The number of fused-ring (bicyclic) bond motifs is 2. The standard InChI is InChI=1S/C21H27N3O4S2/c1-3-30(26,27)16-5-4-15(23-11-16)12-24-8-6-21(7-9-24)19-17(14(2)13-28-21)10-18(29-19)20(22)25/h4-5,10-11,14H,3,6-9,12-13H2,1-2H3,(H2,22,25)/t14-/m1/s1. The quantitative estimate of drug-likeness (QED) is 0.753. The van der Waals surface area contributed by atoms with Gasteiger partial charge in [0, 0.05) is 36.6 Å². The van der Waals surface area contributed by atoms with Gasteiger partial charge in [0.25, 0.3) is 5.91 Å². The van der Waals surface area contributed by atoms with Crippen LogP contribution in [0.4, 0.5) is 0 Å². The minimum absolute atomic E-state index is 0.0724. The summed E-state index contributed by atoms with van der Waals surface area (Å²) < 4.78 is 30.2. The van der Waals surface area contributed by atoms with Crippen molar-refractivity contribution >= 4 is 27.1 Å². The monoisotopic (exact) mass is 449 g/mol. The van der Waals surface area contributed by atoms with Crippen LogP contribution in [0.2, 0.25) is 0 Å². The fourth-order valence-corrected chi connectivity index (χ4v) is 6.37. The summed E-state index contributed by atoms with van der Waals surface area (Å²) in [4.78, 5) is 20.4. The molecule has 1 spiro atoms. The maximum absolute atomic E-state index is 11.9. The molecule has 4 rings (SSSR count). The van der Waals surface area contributed by atoms with Gasteiger partial charge >= 0.3 is 0 Å². The number of hydrogen-bond acceptors (Lipinski definition) is 7. The lowest BCUT2D eigenvalue weighted by molar-refractivity contribution is -0.102. The number of thiophene rings is 1. The van der Waals surface area contributed by atoms with Crippen LogP contribution < -0.4 is 5.73 Å². The van der Waals surface area contributed by atoms with E-state index in [0.29, 0.717) is 18.0 Å². The van der Waals surface area contributed by atoms with Crippen LogP contribution in [0, 0.1) is 0 Å². The Labute approximate surface area is 181 Å². The molecule has 2 aromatic rings. The van der Waals surface area contributed by atoms with Gasteiger partial charge in [0.05, 0.1) is 27.8 Å². The first-order valence-electron chi connectivity index (χ1n) is 10.2. The number of nitrogens with two attached hydrogens (primary N) is 1. The number of sulfone groups is 1. The zero-order chi connectivity index (χ0) is 21.5. The molecular formula is C21H27N3O4S2. The molecule has 0 radical (unpaired) electrons. The van der Waals surface area contributed by atoms with Crippen molar-refractivity contribution in [2.45, 2.75) is 49.6 Å². The fourth-order valence-electron chi connectivity index (χ4n) is 4.22. The number of amides is 1. The molecule has 0 unspecified atom stereocenters. The number of hydrogen-bond donors (Lipinski definition) is 1. The first-order valence-corrected chi connectivity index (χ1v) is 12.7. The maximum atomic E-state index is 11.9. The van der Waals surface area contributed by atoms with E-state index in [9.17, 15) is 13.2 Å². The normalized spacial score (nSPS) is 21.5. The second-order valence-electron chi connectivity index (χ2n) is 8.13. The number of piperidine rings is 1. The van der Waals surface area contributed by atoms with Gasteiger partial charge in [0.15, 0.2) is 9.84 Å². The van der Waals surface area contributed by atoms with E-state index in [0.717, 1.165) is 36.5 Å². The summed E-state index contributed by atoms with van der Waals surface area (Å²) in [6, 6.07) is 5.38. The molecule has 2 aromatic heterocycles. The van der Waals surface area contributed by atoms with Gasteiger partial charge in [0.1, 0.15) is 5.60 Å². The van der Waals surface area contributed by atoms with Crippen LogP contribution in [0.5, 0.6) is 0 Å². The molecule has 2 aliphatic heterocycles. The highest BCUT2D eigenvalue weighted by Gasteiger charge is 2.44. The summed E-state index contributed by atoms with van der Waals surface area (Å²) in [6.07, 6.45) is 3.13. The molecule has 2 N–H and O–H groups in total. The summed E-state index contributed by atoms with van der Waals surface area (Å²) in [6.45, 7) is 6.75. The van der Waals surface area contributed by atoms with Crippen LogP contribution in [0.25, 0.3) is 0 Å². The Morgan fingerprint density at radius 2 is 2.10 bits per heavy atom. The third-order valence-electron chi connectivity index (χ3n) is 6.14. The predicted molar refractivity (Wildman–Crippen MR) is 115 cm³/mol. The lowest BCUT2D eigenvalue weighted by Gasteiger charge is -2.45. The van der Waals surface area contributed by atoms with E-state index in [1.807, 2.05) is 6.07 Å². The lowest BCUT2D eigenvalue weighted by Crippen LogP contribution is -2.46. The fraction of sp³-hybridized carbons (Fsp3) is 0.524. The Balaban J connectivity index is 1.46. The smallest absolute Gasteiger partial charge is 0.258 e. The third kappa shape index (κ3) is 3.91. The molecular weight excluding hydrogens is 422 g/mol. The zero-order valence-corrected chi connectivity index (χ0v) is 18.9. The Morgan fingerprint density at radius 3 is 2.70 bits per heavy atom. The molecule has 162 valence electrons. The van der Waals surface area contributed by atoms with E-state index in [2.05, 4.69) is 16.8 Å². The molecule has 0 bridgehead atoms. The van der Waals surface area contributed by atoms with Crippen LogP contribution in [-0.2, 0) is 26.7 Å². The van der Waals surface area contributed by atoms with E-state index >= 15 is 0 Å². The Bertz CT molecular complexity index is 1040. The molecule has 1 saturated heterocycles. The number of primary amides is 1. The van der Waals surface area contributed by atoms with Crippen LogP contribution in [-0.4, -0.2) is 49.7 Å². The van der Waals surface area contributed by atoms with Crippen molar-refractivity contribution in [2.75, 3.05) is 25.4 Å². The van der Waals surface area contributed by atoms with Gasteiger partial charge in [0.2, 0.25) is 0 Å². The van der Waals surface area contributed by atoms with E-state index in [1.54, 1.807) is 19.1 Å². The van der Waals surface area contributed by atoms with Gasteiger partial charge in [-0.1, -0.05) is 13.8 Å². The minimum Gasteiger partial charge on any atom is -0.369 e. The van der Waals surface area contributed by atoms with Gasteiger partial charge in [-0.15, -0.1) is 11.3 Å². The van der Waals surface area contributed by atoms with Gasteiger partial charge in [-0.3, -0.25) is 14.7 Å². The largest absolute Gasteiger partial charge is 0.369 e.